The van der Waals surface area contributed by atoms with Crippen LogP contribution in [0.1, 0.15) is 70.6 Å². The average molecular weight is 439 g/mol. The summed E-state index contributed by atoms with van der Waals surface area (Å²) in [6, 6.07) is 0. The molecule has 1 rings (SSSR count). The molecule has 0 aromatic heterocycles. The molecule has 1 aliphatic heterocycles. The van der Waals surface area contributed by atoms with Crippen molar-refractivity contribution in [2.24, 2.45) is 0 Å². The lowest BCUT2D eigenvalue weighted by atomic mass is 10.1. The first-order valence-corrected chi connectivity index (χ1v) is 16.6. The van der Waals surface area contributed by atoms with Crippen molar-refractivity contribution in [3.8, 4) is 0 Å². The van der Waals surface area contributed by atoms with E-state index in [-0.39, 0.29) is 0 Å². The molecule has 24 heavy (non-hydrogen) atoms. The molecule has 1 aliphatic rings. The molecule has 0 saturated carbocycles. The van der Waals surface area contributed by atoms with E-state index < -0.39 is 0 Å². The van der Waals surface area contributed by atoms with Gasteiger partial charge in [-0.25, -0.2) is 0 Å². The van der Waals surface area contributed by atoms with E-state index in [0.29, 0.717) is 0 Å². The second-order valence-corrected chi connectivity index (χ2v) is 15.1. The van der Waals surface area contributed by atoms with E-state index in [1.54, 1.807) is 10.8 Å². The maximum atomic E-state index is 2.30. The average Bonchev–Trinajstić information content (AvgIpc) is 2.59. The van der Waals surface area contributed by atoms with E-state index in [1.807, 2.05) is 50.1 Å². The Balaban J connectivity index is 2.15. The molecule has 0 unspecified atom stereocenters. The van der Waals surface area contributed by atoms with Crippen LogP contribution in [0.5, 0.6) is 0 Å². The minimum absolute atomic E-state index is 1.22. The fourth-order valence-corrected chi connectivity index (χ4v) is 13.2. The fourth-order valence-electron chi connectivity index (χ4n) is 2.33. The van der Waals surface area contributed by atoms with Gasteiger partial charge in [-0.05, 0) is 64.0 Å². The number of hydrogen-bond acceptors (Lipinski definition) is 6. The van der Waals surface area contributed by atoms with Crippen molar-refractivity contribution in [2.45, 2.75) is 70.6 Å². The lowest BCUT2D eigenvalue weighted by Gasteiger charge is -2.02. The topological polar surface area (TPSA) is 0 Å². The van der Waals surface area contributed by atoms with Crippen molar-refractivity contribution in [3.05, 3.63) is 35.8 Å². The highest BCUT2D eigenvalue weighted by atomic mass is 33.9. The van der Waals surface area contributed by atoms with Gasteiger partial charge in [0, 0.05) is 5.75 Å². The van der Waals surface area contributed by atoms with Crippen LogP contribution in [0.3, 0.4) is 0 Å². The number of allylic oxidation sites excluding steroid dienone is 5. The van der Waals surface area contributed by atoms with Crippen LogP contribution < -0.4 is 0 Å². The standard InChI is InChI=1S/C18H30S6/c1-2-4-6-8-10-12-14-16-18-20-22-24-23-21-19-17-15-13-11-9-7-5-3-1/h7,9,11,13,15,17H,1-6,8,10,12,14,16,18H2. The summed E-state index contributed by atoms with van der Waals surface area (Å²) in [6.45, 7) is 0. The van der Waals surface area contributed by atoms with Crippen LogP contribution in [-0.2, 0) is 0 Å². The van der Waals surface area contributed by atoms with Crippen molar-refractivity contribution >= 4 is 60.9 Å². The molecule has 0 N–H and O–H groups in total. The van der Waals surface area contributed by atoms with Gasteiger partial charge < -0.3 is 0 Å². The second kappa shape index (κ2) is 20.6. The number of hydrogen-bond donors (Lipinski definition) is 0. The summed E-state index contributed by atoms with van der Waals surface area (Å²) in [4.78, 5) is 0. The normalized spacial score (nSPS) is 22.0. The molecule has 0 fully saturated rings. The SMILES string of the molecule is C1=CC=CSSSSSSCCCCCCCCCCCCC=C1. The summed E-state index contributed by atoms with van der Waals surface area (Å²) >= 11 is 0. The molecule has 0 amide bonds. The van der Waals surface area contributed by atoms with E-state index in [4.69, 9.17) is 0 Å². The Morgan fingerprint density at radius 1 is 0.500 bits per heavy atom. The molecular weight excluding hydrogens is 409 g/mol. The van der Waals surface area contributed by atoms with Crippen LogP contribution in [0.15, 0.2) is 35.8 Å². The lowest BCUT2D eigenvalue weighted by Crippen LogP contribution is -1.83. The van der Waals surface area contributed by atoms with Crippen LogP contribution in [0.4, 0.5) is 0 Å². The maximum Gasteiger partial charge on any atom is 0.00454 e. The van der Waals surface area contributed by atoms with Crippen LogP contribution in [0, 0.1) is 0 Å². The molecular formula is C18H30S6. The van der Waals surface area contributed by atoms with Gasteiger partial charge in [0.05, 0.1) is 0 Å². The van der Waals surface area contributed by atoms with Crippen LogP contribution in [0.2, 0.25) is 0 Å². The van der Waals surface area contributed by atoms with Gasteiger partial charge in [0.1, 0.15) is 0 Å². The Morgan fingerprint density at radius 3 is 1.92 bits per heavy atom. The van der Waals surface area contributed by atoms with Crippen molar-refractivity contribution in [1.82, 2.24) is 0 Å². The smallest absolute Gasteiger partial charge is 0.00454 e. The zero-order chi connectivity index (χ0) is 17.0. The zero-order valence-corrected chi connectivity index (χ0v) is 19.3. The third kappa shape index (κ3) is 18.1. The van der Waals surface area contributed by atoms with E-state index in [9.17, 15) is 0 Å². The fraction of sp³-hybridized carbons (Fsp3) is 0.667. The first-order chi connectivity index (χ1) is 12.0. The van der Waals surface area contributed by atoms with Gasteiger partial charge in [-0.15, -0.1) is 0 Å². The summed E-state index contributed by atoms with van der Waals surface area (Å²) in [5.41, 5.74) is 0. The van der Waals surface area contributed by atoms with Crippen molar-refractivity contribution < 1.29 is 0 Å². The molecule has 0 bridgehead atoms. The Kier molecular flexibility index (Phi) is 20.1. The third-order valence-corrected chi connectivity index (χ3v) is 14.1. The minimum Gasteiger partial charge on any atom is -0.0845 e. The summed E-state index contributed by atoms with van der Waals surface area (Å²) in [6.07, 6.45) is 26.2. The molecule has 0 atom stereocenters. The lowest BCUT2D eigenvalue weighted by molar-refractivity contribution is 0.558. The molecule has 6 heteroatoms. The van der Waals surface area contributed by atoms with Crippen LogP contribution >= 0.6 is 60.9 Å². The van der Waals surface area contributed by atoms with Crippen molar-refractivity contribution in [1.29, 1.82) is 0 Å². The molecule has 0 spiro atoms. The van der Waals surface area contributed by atoms with Gasteiger partial charge in [-0.1, -0.05) is 103 Å². The van der Waals surface area contributed by atoms with Crippen molar-refractivity contribution in [3.63, 3.8) is 0 Å². The molecule has 0 aromatic carbocycles. The van der Waals surface area contributed by atoms with E-state index in [0.717, 1.165) is 0 Å². The highest BCUT2D eigenvalue weighted by Crippen LogP contribution is 2.52. The Labute approximate surface area is 172 Å². The monoisotopic (exact) mass is 438 g/mol. The molecule has 0 aromatic rings. The molecule has 138 valence electrons. The second-order valence-electron chi connectivity index (χ2n) is 5.66. The molecule has 0 radical (unpaired) electrons. The molecule has 0 nitrogen and oxygen atoms in total. The highest BCUT2D eigenvalue weighted by molar-refractivity contribution is 9.42. The Hall–Kier alpha value is 1.32. The largest absolute Gasteiger partial charge is 0.0845 e. The van der Waals surface area contributed by atoms with E-state index in [1.165, 1.54) is 76.4 Å². The third-order valence-electron chi connectivity index (χ3n) is 3.62. The van der Waals surface area contributed by atoms with Gasteiger partial charge in [0.2, 0.25) is 0 Å². The summed E-state index contributed by atoms with van der Waals surface area (Å²) in [5.74, 6) is 1.30. The van der Waals surface area contributed by atoms with Gasteiger partial charge >= 0.3 is 0 Å². The van der Waals surface area contributed by atoms with Gasteiger partial charge in [-0.2, -0.15) is 0 Å². The summed E-state index contributed by atoms with van der Waals surface area (Å²) in [5, 5.41) is 2.15. The first-order valence-electron chi connectivity index (χ1n) is 8.93. The Morgan fingerprint density at radius 2 is 1.12 bits per heavy atom. The molecule has 0 saturated heterocycles. The minimum atomic E-state index is 1.22. The molecule has 1 heterocycles. The van der Waals surface area contributed by atoms with Gasteiger partial charge in [0.25, 0.3) is 0 Å². The predicted octanol–water partition coefficient (Wildman–Crippen LogP) is 9.89. The van der Waals surface area contributed by atoms with Gasteiger partial charge in [-0.3, -0.25) is 0 Å². The summed E-state index contributed by atoms with van der Waals surface area (Å²) < 4.78 is 0. The van der Waals surface area contributed by atoms with Crippen molar-refractivity contribution in [2.75, 3.05) is 5.75 Å². The maximum absolute atomic E-state index is 2.30. The summed E-state index contributed by atoms with van der Waals surface area (Å²) in [7, 11) is 11.3. The van der Waals surface area contributed by atoms with Crippen LogP contribution in [0.25, 0.3) is 0 Å². The zero-order valence-electron chi connectivity index (χ0n) is 14.4. The quantitative estimate of drug-likeness (QED) is 0.342. The van der Waals surface area contributed by atoms with E-state index >= 15 is 0 Å². The number of rotatable bonds is 0. The predicted molar refractivity (Wildman–Crippen MR) is 129 cm³/mol. The first kappa shape index (κ1) is 23.4. The van der Waals surface area contributed by atoms with Crippen LogP contribution in [-0.4, -0.2) is 5.75 Å². The highest BCUT2D eigenvalue weighted by Gasteiger charge is 1.96. The van der Waals surface area contributed by atoms with E-state index in [2.05, 4.69) is 35.8 Å². The molecule has 0 aliphatic carbocycles. The van der Waals surface area contributed by atoms with Gasteiger partial charge in [0.15, 0.2) is 0 Å². The Bertz CT molecular complexity index is 308.